The lowest BCUT2D eigenvalue weighted by Gasteiger charge is -2.21. The van der Waals surface area contributed by atoms with Gasteiger partial charge < -0.3 is 4.42 Å². The number of benzene rings is 9. The van der Waals surface area contributed by atoms with E-state index in [0.29, 0.717) is 17.5 Å². The van der Waals surface area contributed by atoms with Gasteiger partial charge in [0.1, 0.15) is 11.2 Å². The van der Waals surface area contributed by atoms with Crippen LogP contribution in [0.1, 0.15) is 25.0 Å². The van der Waals surface area contributed by atoms with Crippen molar-refractivity contribution >= 4 is 65.0 Å². The Morgan fingerprint density at radius 2 is 1.00 bits per heavy atom. The zero-order valence-corrected chi connectivity index (χ0v) is 30.8. The van der Waals surface area contributed by atoms with E-state index >= 15 is 0 Å². The molecule has 0 fully saturated rings. The highest BCUT2D eigenvalue weighted by Gasteiger charge is 2.36. The molecular weight excluding hydrogens is 683 g/mol. The van der Waals surface area contributed by atoms with Crippen LogP contribution in [0.3, 0.4) is 0 Å². The molecule has 2 heterocycles. The third-order valence-corrected chi connectivity index (χ3v) is 12.1. The molecule has 2 aromatic heterocycles. The van der Waals surface area contributed by atoms with Gasteiger partial charge in [-0.05, 0) is 89.6 Å². The van der Waals surface area contributed by atoms with Crippen LogP contribution in [0, 0.1) is 0 Å². The number of fused-ring (bicyclic) bond motifs is 14. The Morgan fingerprint density at radius 3 is 1.80 bits per heavy atom. The minimum absolute atomic E-state index is 0.125. The van der Waals surface area contributed by atoms with Crippen molar-refractivity contribution in [3.8, 4) is 45.3 Å². The summed E-state index contributed by atoms with van der Waals surface area (Å²) in [5.41, 5.74) is 9.48. The topological polar surface area (TPSA) is 51.8 Å². The fourth-order valence-electron chi connectivity index (χ4n) is 9.41. The Bertz CT molecular complexity index is 3420. The second-order valence-electron chi connectivity index (χ2n) is 15.5. The monoisotopic (exact) mass is 715 g/mol. The van der Waals surface area contributed by atoms with Crippen LogP contribution in [0.15, 0.2) is 168 Å². The zero-order valence-electron chi connectivity index (χ0n) is 30.8. The van der Waals surface area contributed by atoms with Gasteiger partial charge in [0.25, 0.3) is 0 Å². The quantitative estimate of drug-likeness (QED) is 0.171. The fraction of sp³-hybridized carbons (Fsp3) is 0.0577. The van der Waals surface area contributed by atoms with E-state index in [4.69, 9.17) is 19.4 Å². The predicted octanol–water partition coefficient (Wildman–Crippen LogP) is 13.7. The first-order chi connectivity index (χ1) is 27.5. The maximum atomic E-state index is 6.65. The van der Waals surface area contributed by atoms with E-state index in [-0.39, 0.29) is 5.41 Å². The molecule has 262 valence electrons. The van der Waals surface area contributed by atoms with Crippen LogP contribution in [-0.4, -0.2) is 15.0 Å². The lowest BCUT2D eigenvalue weighted by atomic mass is 9.82. The summed E-state index contributed by atoms with van der Waals surface area (Å²) in [6, 6.07) is 58.3. The van der Waals surface area contributed by atoms with Gasteiger partial charge in [-0.1, -0.05) is 153 Å². The Morgan fingerprint density at radius 1 is 0.375 bits per heavy atom. The molecule has 11 aromatic rings. The second-order valence-corrected chi connectivity index (χ2v) is 15.5. The Labute approximate surface area is 322 Å². The summed E-state index contributed by atoms with van der Waals surface area (Å²) in [5, 5.41) is 11.9. The summed E-state index contributed by atoms with van der Waals surface area (Å²) >= 11 is 0. The molecule has 0 saturated carbocycles. The Balaban J connectivity index is 1.12. The van der Waals surface area contributed by atoms with Crippen LogP contribution in [0.2, 0.25) is 0 Å². The molecule has 4 heteroatoms. The minimum Gasteiger partial charge on any atom is -0.456 e. The van der Waals surface area contributed by atoms with E-state index in [0.717, 1.165) is 38.6 Å². The zero-order chi connectivity index (χ0) is 37.1. The van der Waals surface area contributed by atoms with Gasteiger partial charge in [-0.2, -0.15) is 0 Å². The number of nitrogens with zero attached hydrogens (tertiary/aromatic N) is 3. The van der Waals surface area contributed by atoms with E-state index in [1.165, 1.54) is 65.3 Å². The van der Waals surface area contributed by atoms with Gasteiger partial charge in [-0.3, -0.25) is 0 Å². The van der Waals surface area contributed by atoms with Crippen LogP contribution in [0.4, 0.5) is 0 Å². The van der Waals surface area contributed by atoms with Crippen molar-refractivity contribution in [1.82, 2.24) is 15.0 Å². The number of furan rings is 1. The SMILES string of the molecule is CC1(C)c2ccccc2-c2cc3c(cc21)oc1cccc(-c2nc(-c4ccccc4)nc(-c4ccc5ccc6c7ccccc7c7ccccc7c6c5c4)n2)c13. The maximum Gasteiger partial charge on any atom is 0.164 e. The molecule has 0 atom stereocenters. The minimum atomic E-state index is -0.125. The number of hydrogen-bond acceptors (Lipinski definition) is 4. The normalized spacial score (nSPS) is 13.3. The average molecular weight is 716 g/mol. The molecule has 0 N–H and O–H groups in total. The molecule has 0 unspecified atom stereocenters. The van der Waals surface area contributed by atoms with Crippen molar-refractivity contribution in [3.05, 3.63) is 175 Å². The fourth-order valence-corrected chi connectivity index (χ4v) is 9.41. The van der Waals surface area contributed by atoms with Crippen molar-refractivity contribution in [2.75, 3.05) is 0 Å². The van der Waals surface area contributed by atoms with E-state index in [9.17, 15) is 0 Å². The summed E-state index contributed by atoms with van der Waals surface area (Å²) in [7, 11) is 0. The first kappa shape index (κ1) is 31.2. The first-order valence-corrected chi connectivity index (χ1v) is 19.2. The molecule has 1 aliphatic carbocycles. The number of rotatable bonds is 3. The predicted molar refractivity (Wildman–Crippen MR) is 231 cm³/mol. The van der Waals surface area contributed by atoms with Gasteiger partial charge in [0.05, 0.1) is 0 Å². The van der Waals surface area contributed by atoms with Crippen LogP contribution >= 0.6 is 0 Å². The molecule has 0 radical (unpaired) electrons. The lowest BCUT2D eigenvalue weighted by molar-refractivity contribution is 0.647. The summed E-state index contributed by atoms with van der Waals surface area (Å²) in [4.78, 5) is 15.7. The van der Waals surface area contributed by atoms with Gasteiger partial charge in [-0.25, -0.2) is 15.0 Å². The van der Waals surface area contributed by atoms with E-state index in [1.54, 1.807) is 0 Å². The Kier molecular flexibility index (Phi) is 6.37. The van der Waals surface area contributed by atoms with Gasteiger partial charge in [0.15, 0.2) is 17.5 Å². The van der Waals surface area contributed by atoms with E-state index in [1.807, 2.05) is 30.3 Å². The summed E-state index contributed by atoms with van der Waals surface area (Å²) in [6.07, 6.45) is 0. The van der Waals surface area contributed by atoms with Crippen LogP contribution in [-0.2, 0) is 5.41 Å². The van der Waals surface area contributed by atoms with Crippen molar-refractivity contribution < 1.29 is 4.42 Å². The molecule has 0 bridgehead atoms. The molecular formula is C52H33N3O. The standard InChI is InChI=1S/C52H33N3O/c1-52(2)43-21-11-10-18-36(43)41-28-42-46(29-44(41)52)56-45-22-12-20-39(48(42)45)51-54-49(31-13-4-3-5-14-31)53-50(55-51)32-24-23-30-25-26-38-35-17-7-6-15-33(35)34-16-8-9-19-37(34)47(38)40(30)27-32/h3-29H,1-2H3. The van der Waals surface area contributed by atoms with Crippen LogP contribution in [0.5, 0.6) is 0 Å². The smallest absolute Gasteiger partial charge is 0.164 e. The second kappa shape index (κ2) is 11.4. The maximum absolute atomic E-state index is 6.65. The third kappa shape index (κ3) is 4.38. The molecule has 9 aromatic carbocycles. The largest absolute Gasteiger partial charge is 0.456 e. The van der Waals surface area contributed by atoms with Gasteiger partial charge in [0.2, 0.25) is 0 Å². The third-order valence-electron chi connectivity index (χ3n) is 12.1. The molecule has 1 aliphatic rings. The average Bonchev–Trinajstić information content (AvgIpc) is 3.73. The van der Waals surface area contributed by atoms with Crippen LogP contribution in [0.25, 0.3) is 110 Å². The molecule has 0 spiro atoms. The summed E-state index contributed by atoms with van der Waals surface area (Å²) in [5.74, 6) is 1.86. The molecule has 12 rings (SSSR count). The number of hydrogen-bond donors (Lipinski definition) is 0. The lowest BCUT2D eigenvalue weighted by Crippen LogP contribution is -2.14. The molecule has 0 aliphatic heterocycles. The highest BCUT2D eigenvalue weighted by Crippen LogP contribution is 2.51. The molecule has 0 saturated heterocycles. The van der Waals surface area contributed by atoms with Crippen molar-refractivity contribution in [2.24, 2.45) is 0 Å². The highest BCUT2D eigenvalue weighted by atomic mass is 16.3. The molecule has 4 nitrogen and oxygen atoms in total. The number of aromatic nitrogens is 3. The Hall–Kier alpha value is -7.17. The van der Waals surface area contributed by atoms with Crippen molar-refractivity contribution in [1.29, 1.82) is 0 Å². The van der Waals surface area contributed by atoms with Gasteiger partial charge in [0, 0.05) is 32.9 Å². The van der Waals surface area contributed by atoms with Crippen LogP contribution < -0.4 is 0 Å². The van der Waals surface area contributed by atoms with Crippen molar-refractivity contribution in [2.45, 2.75) is 19.3 Å². The van der Waals surface area contributed by atoms with Gasteiger partial charge >= 0.3 is 0 Å². The molecule has 0 amide bonds. The van der Waals surface area contributed by atoms with Gasteiger partial charge in [-0.15, -0.1) is 0 Å². The molecule has 56 heavy (non-hydrogen) atoms. The summed E-state index contributed by atoms with van der Waals surface area (Å²) < 4.78 is 6.65. The summed E-state index contributed by atoms with van der Waals surface area (Å²) in [6.45, 7) is 4.60. The van der Waals surface area contributed by atoms with Crippen molar-refractivity contribution in [3.63, 3.8) is 0 Å². The first-order valence-electron chi connectivity index (χ1n) is 19.2. The van der Waals surface area contributed by atoms with E-state index in [2.05, 4.69) is 147 Å². The van der Waals surface area contributed by atoms with E-state index < -0.39 is 0 Å². The highest BCUT2D eigenvalue weighted by molar-refractivity contribution is 6.31.